The number of pyridine rings is 1. The van der Waals surface area contributed by atoms with Crippen molar-refractivity contribution in [1.82, 2.24) is 24.6 Å². The van der Waals surface area contributed by atoms with Crippen LogP contribution in [0.5, 0.6) is 0 Å². The first-order valence-electron chi connectivity index (χ1n) is 7.01. The number of rotatable bonds is 3. The van der Waals surface area contributed by atoms with E-state index in [1.165, 1.54) is 28.4 Å². The van der Waals surface area contributed by atoms with Crippen LogP contribution >= 0.6 is 0 Å². The Balaban J connectivity index is 1.81. The highest BCUT2D eigenvalue weighted by Crippen LogP contribution is 2.20. The van der Waals surface area contributed by atoms with E-state index in [9.17, 15) is 14.7 Å². The van der Waals surface area contributed by atoms with Gasteiger partial charge in [-0.05, 0) is 31.4 Å². The normalized spacial score (nSPS) is 18.2. The fraction of sp³-hybridized carbons (Fsp3) is 0.357. The molecule has 1 aliphatic heterocycles. The van der Waals surface area contributed by atoms with Crippen LogP contribution in [0.2, 0.25) is 0 Å². The summed E-state index contributed by atoms with van der Waals surface area (Å²) in [6.07, 6.45) is 6.48. The Morgan fingerprint density at radius 2 is 2.14 bits per heavy atom. The van der Waals surface area contributed by atoms with E-state index < -0.39 is 12.0 Å². The predicted molar refractivity (Wildman–Crippen MR) is 75.5 cm³/mol. The number of piperidine rings is 1. The lowest BCUT2D eigenvalue weighted by atomic mass is 10.0. The van der Waals surface area contributed by atoms with Gasteiger partial charge >= 0.3 is 5.97 Å². The van der Waals surface area contributed by atoms with E-state index >= 15 is 0 Å². The molecule has 0 saturated carbocycles. The largest absolute Gasteiger partial charge is 0.480 e. The van der Waals surface area contributed by atoms with Crippen molar-refractivity contribution < 1.29 is 14.7 Å². The Morgan fingerprint density at radius 1 is 1.27 bits per heavy atom. The molecule has 1 aliphatic rings. The van der Waals surface area contributed by atoms with Crippen LogP contribution in [-0.2, 0) is 4.79 Å². The van der Waals surface area contributed by atoms with Crippen LogP contribution in [0.15, 0.2) is 31.0 Å². The van der Waals surface area contributed by atoms with Gasteiger partial charge in [0.2, 0.25) is 0 Å². The van der Waals surface area contributed by atoms with Gasteiger partial charge in [-0.1, -0.05) is 0 Å². The van der Waals surface area contributed by atoms with Gasteiger partial charge in [-0.15, -0.1) is 0 Å². The van der Waals surface area contributed by atoms with Crippen LogP contribution in [0.25, 0.3) is 5.82 Å². The fourth-order valence-electron chi connectivity index (χ4n) is 2.57. The number of amides is 1. The molecule has 0 aliphatic carbocycles. The number of carboxylic acid groups (broad SMARTS) is 1. The van der Waals surface area contributed by atoms with Crippen molar-refractivity contribution >= 4 is 11.9 Å². The van der Waals surface area contributed by atoms with Crippen molar-refractivity contribution in [3.05, 3.63) is 36.5 Å². The molecule has 1 fully saturated rings. The molecule has 1 saturated heterocycles. The van der Waals surface area contributed by atoms with Crippen molar-refractivity contribution in [3.63, 3.8) is 0 Å². The molecular formula is C14H15N5O3. The number of aromatic nitrogens is 4. The van der Waals surface area contributed by atoms with Crippen LogP contribution in [0.4, 0.5) is 0 Å². The number of nitrogens with zero attached hydrogens (tertiary/aromatic N) is 5. The van der Waals surface area contributed by atoms with E-state index in [2.05, 4.69) is 15.1 Å². The summed E-state index contributed by atoms with van der Waals surface area (Å²) in [6, 6.07) is 2.53. The highest BCUT2D eigenvalue weighted by Gasteiger charge is 2.32. The summed E-state index contributed by atoms with van der Waals surface area (Å²) >= 11 is 0. The van der Waals surface area contributed by atoms with E-state index in [1.807, 2.05) is 0 Å². The van der Waals surface area contributed by atoms with Gasteiger partial charge in [0.05, 0.1) is 5.56 Å². The van der Waals surface area contributed by atoms with Gasteiger partial charge < -0.3 is 10.0 Å². The van der Waals surface area contributed by atoms with Gasteiger partial charge in [0.25, 0.3) is 5.91 Å². The predicted octanol–water partition coefficient (Wildman–Crippen LogP) is 0.742. The minimum atomic E-state index is -0.958. The first kappa shape index (κ1) is 14.2. The van der Waals surface area contributed by atoms with Crippen LogP contribution in [0, 0.1) is 0 Å². The van der Waals surface area contributed by atoms with E-state index in [0.717, 1.165) is 12.8 Å². The van der Waals surface area contributed by atoms with E-state index in [-0.39, 0.29) is 5.91 Å². The minimum absolute atomic E-state index is 0.301. The number of carbonyl (C=O) groups excluding carboxylic acids is 1. The third kappa shape index (κ3) is 2.67. The summed E-state index contributed by atoms with van der Waals surface area (Å²) in [7, 11) is 0. The molecule has 2 aromatic heterocycles. The third-order valence-electron chi connectivity index (χ3n) is 3.70. The fourth-order valence-corrected chi connectivity index (χ4v) is 2.57. The average Bonchev–Trinajstić information content (AvgIpc) is 3.09. The SMILES string of the molecule is O=C(O)C1CCCCN1C(=O)c1ccc(-n2cncn2)nc1. The molecule has 3 rings (SSSR count). The maximum atomic E-state index is 12.5. The third-order valence-corrected chi connectivity index (χ3v) is 3.70. The Morgan fingerprint density at radius 3 is 2.77 bits per heavy atom. The molecule has 0 spiro atoms. The summed E-state index contributed by atoms with van der Waals surface area (Å²) < 4.78 is 1.48. The number of likely N-dealkylation sites (tertiary alicyclic amines) is 1. The Kier molecular flexibility index (Phi) is 3.82. The lowest BCUT2D eigenvalue weighted by Gasteiger charge is -2.32. The van der Waals surface area contributed by atoms with Gasteiger partial charge in [0.15, 0.2) is 5.82 Å². The molecular weight excluding hydrogens is 286 g/mol. The lowest BCUT2D eigenvalue weighted by Crippen LogP contribution is -2.48. The highest BCUT2D eigenvalue weighted by atomic mass is 16.4. The van der Waals surface area contributed by atoms with E-state index in [4.69, 9.17) is 0 Å². The molecule has 1 N–H and O–H groups in total. The summed E-state index contributed by atoms with van der Waals surface area (Å²) in [5.74, 6) is -0.715. The number of carboxylic acids is 1. The zero-order valence-corrected chi connectivity index (χ0v) is 11.8. The molecule has 2 aromatic rings. The number of hydrogen-bond donors (Lipinski definition) is 1. The number of carbonyl (C=O) groups is 2. The summed E-state index contributed by atoms with van der Waals surface area (Å²) in [4.78, 5) is 33.2. The molecule has 114 valence electrons. The molecule has 0 radical (unpaired) electrons. The Hall–Kier alpha value is -2.77. The first-order chi connectivity index (χ1) is 10.7. The monoisotopic (exact) mass is 301 g/mol. The van der Waals surface area contributed by atoms with Crippen molar-refractivity contribution in [2.45, 2.75) is 25.3 Å². The zero-order chi connectivity index (χ0) is 15.5. The molecule has 1 atom stereocenters. The van der Waals surface area contributed by atoms with Crippen molar-refractivity contribution in [2.24, 2.45) is 0 Å². The molecule has 1 amide bonds. The smallest absolute Gasteiger partial charge is 0.326 e. The molecule has 0 aromatic carbocycles. The number of hydrogen-bond acceptors (Lipinski definition) is 5. The topological polar surface area (TPSA) is 101 Å². The van der Waals surface area contributed by atoms with E-state index in [0.29, 0.717) is 24.3 Å². The second-order valence-electron chi connectivity index (χ2n) is 5.09. The minimum Gasteiger partial charge on any atom is -0.480 e. The molecule has 8 nitrogen and oxygen atoms in total. The molecule has 22 heavy (non-hydrogen) atoms. The lowest BCUT2D eigenvalue weighted by molar-refractivity contribution is -0.143. The summed E-state index contributed by atoms with van der Waals surface area (Å²) in [5, 5.41) is 13.2. The average molecular weight is 301 g/mol. The summed E-state index contributed by atoms with van der Waals surface area (Å²) in [5.41, 5.74) is 0.372. The Labute approximate surface area is 126 Å². The molecule has 0 bridgehead atoms. The molecule has 1 unspecified atom stereocenters. The van der Waals surface area contributed by atoms with Crippen molar-refractivity contribution in [1.29, 1.82) is 0 Å². The van der Waals surface area contributed by atoms with Gasteiger partial charge in [-0.2, -0.15) is 5.10 Å². The maximum absolute atomic E-state index is 12.5. The van der Waals surface area contributed by atoms with E-state index in [1.54, 1.807) is 12.1 Å². The molecule has 8 heteroatoms. The second-order valence-corrected chi connectivity index (χ2v) is 5.09. The van der Waals surface area contributed by atoms with Gasteiger partial charge in [0.1, 0.15) is 18.7 Å². The van der Waals surface area contributed by atoms with Crippen LogP contribution < -0.4 is 0 Å². The van der Waals surface area contributed by atoms with Crippen LogP contribution in [0.3, 0.4) is 0 Å². The van der Waals surface area contributed by atoms with Gasteiger partial charge in [0, 0.05) is 12.7 Å². The highest BCUT2D eigenvalue weighted by molar-refractivity contribution is 5.96. The van der Waals surface area contributed by atoms with Gasteiger partial charge in [-0.25, -0.2) is 19.4 Å². The quantitative estimate of drug-likeness (QED) is 0.897. The Bertz CT molecular complexity index is 668. The van der Waals surface area contributed by atoms with Crippen LogP contribution in [0.1, 0.15) is 29.6 Å². The van der Waals surface area contributed by atoms with Crippen molar-refractivity contribution in [3.8, 4) is 5.82 Å². The van der Waals surface area contributed by atoms with Gasteiger partial charge in [-0.3, -0.25) is 4.79 Å². The zero-order valence-electron chi connectivity index (χ0n) is 11.8. The first-order valence-corrected chi connectivity index (χ1v) is 7.01. The van der Waals surface area contributed by atoms with Crippen molar-refractivity contribution in [2.75, 3.05) is 6.54 Å². The summed E-state index contributed by atoms with van der Waals surface area (Å²) in [6.45, 7) is 0.459. The number of aliphatic carboxylic acids is 1. The maximum Gasteiger partial charge on any atom is 0.326 e. The second kappa shape index (κ2) is 5.92. The molecule has 3 heterocycles. The standard InChI is InChI=1S/C14H15N5O3/c20-13(18-6-2-1-3-11(18)14(21)22)10-4-5-12(16-7-10)19-9-15-8-17-19/h4-5,7-9,11H,1-3,6H2,(H,21,22). The van der Waals surface area contributed by atoms with Crippen LogP contribution in [-0.4, -0.2) is 54.2 Å².